The molecule has 1 heterocycles. The van der Waals surface area contributed by atoms with Crippen LogP contribution in [0.25, 0.3) is 0 Å². The van der Waals surface area contributed by atoms with Crippen LogP contribution in [-0.2, 0) is 19.5 Å². The number of hydrogen-bond acceptors (Lipinski definition) is 2. The fourth-order valence-corrected chi connectivity index (χ4v) is 2.75. The van der Waals surface area contributed by atoms with Crippen LogP contribution in [0.3, 0.4) is 0 Å². The maximum absolute atomic E-state index is 4.65. The van der Waals surface area contributed by atoms with E-state index in [0.717, 1.165) is 25.2 Å². The Labute approximate surface area is 120 Å². The second-order valence-electron chi connectivity index (χ2n) is 5.28. The van der Waals surface area contributed by atoms with Gasteiger partial charge in [0.15, 0.2) is 0 Å². The molecule has 18 heavy (non-hydrogen) atoms. The van der Waals surface area contributed by atoms with Crippen LogP contribution in [0.1, 0.15) is 46.0 Å². The summed E-state index contributed by atoms with van der Waals surface area (Å²) in [6, 6.07) is 0.571. The highest BCUT2D eigenvalue weighted by Crippen LogP contribution is 2.24. The van der Waals surface area contributed by atoms with Crippen LogP contribution >= 0.6 is 15.9 Å². The molecule has 1 rings (SSSR count). The Bertz CT molecular complexity index is 385. The van der Waals surface area contributed by atoms with Crippen molar-refractivity contribution >= 4 is 15.9 Å². The summed E-state index contributed by atoms with van der Waals surface area (Å²) in [5.41, 5.74) is 2.46. The van der Waals surface area contributed by atoms with E-state index in [9.17, 15) is 0 Å². The molecule has 1 aromatic heterocycles. The Morgan fingerprint density at radius 3 is 2.33 bits per heavy atom. The first-order valence-electron chi connectivity index (χ1n) is 6.86. The van der Waals surface area contributed by atoms with Crippen molar-refractivity contribution in [2.75, 3.05) is 7.05 Å². The lowest BCUT2D eigenvalue weighted by atomic mass is 10.1. The van der Waals surface area contributed by atoms with Gasteiger partial charge in [-0.05, 0) is 49.2 Å². The van der Waals surface area contributed by atoms with Crippen molar-refractivity contribution in [2.24, 2.45) is 5.92 Å². The Balaban J connectivity index is 2.92. The number of aromatic nitrogens is 2. The highest BCUT2D eigenvalue weighted by molar-refractivity contribution is 9.10. The topological polar surface area (TPSA) is 21.1 Å². The zero-order valence-electron chi connectivity index (χ0n) is 12.5. The normalized spacial score (nSPS) is 13.6. The monoisotopic (exact) mass is 315 g/mol. The first kappa shape index (κ1) is 15.7. The molecule has 0 aromatic carbocycles. The minimum absolute atomic E-state index is 0.571. The standard InChI is InChI=1S/C14H26BrN3/c1-7-12-14(15)13(18(8-2)16-12)9-17(6)11(5)10(3)4/h10-11H,7-9H2,1-6H3. The zero-order valence-corrected chi connectivity index (χ0v) is 14.1. The van der Waals surface area contributed by atoms with Crippen LogP contribution in [0, 0.1) is 5.92 Å². The molecule has 104 valence electrons. The fourth-order valence-electron chi connectivity index (χ4n) is 2.06. The van der Waals surface area contributed by atoms with Gasteiger partial charge in [0.1, 0.15) is 0 Å². The Morgan fingerprint density at radius 1 is 1.28 bits per heavy atom. The average Bonchev–Trinajstić information content (AvgIpc) is 2.65. The molecule has 0 N–H and O–H groups in total. The first-order chi connectivity index (χ1) is 8.42. The minimum atomic E-state index is 0.571. The second kappa shape index (κ2) is 6.71. The van der Waals surface area contributed by atoms with Gasteiger partial charge in [0.05, 0.1) is 15.9 Å². The molecule has 4 heteroatoms. The molecule has 1 atom stereocenters. The van der Waals surface area contributed by atoms with Crippen molar-refractivity contribution in [1.82, 2.24) is 14.7 Å². The van der Waals surface area contributed by atoms with E-state index in [1.165, 1.54) is 10.2 Å². The summed E-state index contributed by atoms with van der Waals surface area (Å²) >= 11 is 3.71. The van der Waals surface area contributed by atoms with Crippen molar-refractivity contribution in [3.8, 4) is 0 Å². The highest BCUT2D eigenvalue weighted by atomic mass is 79.9. The number of hydrogen-bond donors (Lipinski definition) is 0. The van der Waals surface area contributed by atoms with E-state index in [1.807, 2.05) is 0 Å². The molecule has 0 spiro atoms. The van der Waals surface area contributed by atoms with Gasteiger partial charge in [-0.3, -0.25) is 9.58 Å². The molecule has 0 radical (unpaired) electrons. The first-order valence-corrected chi connectivity index (χ1v) is 7.65. The van der Waals surface area contributed by atoms with Crippen molar-refractivity contribution in [1.29, 1.82) is 0 Å². The van der Waals surface area contributed by atoms with E-state index in [2.05, 4.69) is 72.3 Å². The maximum atomic E-state index is 4.65. The predicted molar refractivity (Wildman–Crippen MR) is 80.7 cm³/mol. The number of aryl methyl sites for hydroxylation is 2. The van der Waals surface area contributed by atoms with Gasteiger partial charge in [0.2, 0.25) is 0 Å². The molecule has 0 fully saturated rings. The van der Waals surface area contributed by atoms with Crippen LogP contribution in [0.15, 0.2) is 4.47 Å². The summed E-state index contributed by atoms with van der Waals surface area (Å²) in [5, 5.41) is 4.65. The summed E-state index contributed by atoms with van der Waals surface area (Å²) in [7, 11) is 2.19. The van der Waals surface area contributed by atoms with Crippen molar-refractivity contribution < 1.29 is 0 Å². The van der Waals surface area contributed by atoms with Gasteiger partial charge in [-0.2, -0.15) is 5.10 Å². The van der Waals surface area contributed by atoms with Crippen LogP contribution in [0.5, 0.6) is 0 Å². The zero-order chi connectivity index (χ0) is 13.9. The fraction of sp³-hybridized carbons (Fsp3) is 0.786. The summed E-state index contributed by atoms with van der Waals surface area (Å²) in [5.74, 6) is 0.664. The third kappa shape index (κ3) is 3.35. The van der Waals surface area contributed by atoms with E-state index < -0.39 is 0 Å². The van der Waals surface area contributed by atoms with Gasteiger partial charge in [0, 0.05) is 19.1 Å². The molecule has 1 aromatic rings. The lowest BCUT2D eigenvalue weighted by Gasteiger charge is -2.28. The van der Waals surface area contributed by atoms with E-state index in [1.54, 1.807) is 0 Å². The average molecular weight is 316 g/mol. The van der Waals surface area contributed by atoms with Crippen molar-refractivity contribution in [2.45, 2.75) is 60.2 Å². The number of rotatable bonds is 6. The lowest BCUT2D eigenvalue weighted by molar-refractivity contribution is 0.195. The van der Waals surface area contributed by atoms with Gasteiger partial charge < -0.3 is 0 Å². The van der Waals surface area contributed by atoms with Gasteiger partial charge in [-0.1, -0.05) is 20.8 Å². The largest absolute Gasteiger partial charge is 0.298 e. The Hall–Kier alpha value is -0.350. The van der Waals surface area contributed by atoms with Crippen LogP contribution < -0.4 is 0 Å². The van der Waals surface area contributed by atoms with E-state index in [0.29, 0.717) is 12.0 Å². The predicted octanol–water partition coefficient (Wildman–Crippen LogP) is 3.70. The summed E-state index contributed by atoms with van der Waals surface area (Å²) in [6.45, 7) is 13.0. The third-order valence-corrected chi connectivity index (χ3v) is 4.67. The molecule has 0 aliphatic heterocycles. The van der Waals surface area contributed by atoms with Gasteiger partial charge >= 0.3 is 0 Å². The minimum Gasteiger partial charge on any atom is -0.298 e. The van der Waals surface area contributed by atoms with Crippen molar-refractivity contribution in [3.63, 3.8) is 0 Å². The smallest absolute Gasteiger partial charge is 0.0767 e. The number of halogens is 1. The van der Waals surface area contributed by atoms with Gasteiger partial charge in [-0.15, -0.1) is 0 Å². The van der Waals surface area contributed by atoms with E-state index in [4.69, 9.17) is 0 Å². The van der Waals surface area contributed by atoms with Gasteiger partial charge in [0.25, 0.3) is 0 Å². The third-order valence-electron chi connectivity index (χ3n) is 3.75. The van der Waals surface area contributed by atoms with Crippen molar-refractivity contribution in [3.05, 3.63) is 15.9 Å². The molecular weight excluding hydrogens is 290 g/mol. The molecule has 0 bridgehead atoms. The molecule has 0 amide bonds. The van der Waals surface area contributed by atoms with E-state index in [-0.39, 0.29) is 0 Å². The quantitative estimate of drug-likeness (QED) is 0.798. The SMILES string of the molecule is CCc1nn(CC)c(CN(C)C(C)C(C)C)c1Br. The second-order valence-corrected chi connectivity index (χ2v) is 6.07. The molecule has 3 nitrogen and oxygen atoms in total. The van der Waals surface area contributed by atoms with Crippen LogP contribution in [-0.4, -0.2) is 27.8 Å². The maximum Gasteiger partial charge on any atom is 0.0767 e. The summed E-state index contributed by atoms with van der Waals surface area (Å²) < 4.78 is 3.31. The van der Waals surface area contributed by atoms with Gasteiger partial charge in [-0.25, -0.2) is 0 Å². The Morgan fingerprint density at radius 2 is 1.89 bits per heavy atom. The molecule has 1 unspecified atom stereocenters. The summed E-state index contributed by atoms with van der Waals surface area (Å²) in [4.78, 5) is 2.40. The molecule has 0 aliphatic rings. The molecule has 0 saturated heterocycles. The molecule has 0 aliphatic carbocycles. The lowest BCUT2D eigenvalue weighted by Crippen LogP contribution is -2.33. The number of nitrogens with zero attached hydrogens (tertiary/aromatic N) is 3. The van der Waals surface area contributed by atoms with Crippen LogP contribution in [0.4, 0.5) is 0 Å². The van der Waals surface area contributed by atoms with E-state index >= 15 is 0 Å². The summed E-state index contributed by atoms with van der Waals surface area (Å²) in [6.07, 6.45) is 0.976. The molecular formula is C14H26BrN3. The molecule has 0 saturated carbocycles. The van der Waals surface area contributed by atoms with Crippen LogP contribution in [0.2, 0.25) is 0 Å². The highest BCUT2D eigenvalue weighted by Gasteiger charge is 2.19. The Kier molecular flexibility index (Phi) is 5.86.